The molecule has 0 spiro atoms. The Balaban J connectivity index is 1.53. The highest BCUT2D eigenvalue weighted by Gasteiger charge is 2.48. The van der Waals surface area contributed by atoms with Crippen LogP contribution in [0.1, 0.15) is 44.6 Å². The van der Waals surface area contributed by atoms with Gasteiger partial charge in [-0.05, 0) is 63.8 Å². The van der Waals surface area contributed by atoms with Crippen LogP contribution in [-0.2, 0) is 31.0 Å². The molecule has 4 rings (SSSR count). The van der Waals surface area contributed by atoms with E-state index in [0.717, 1.165) is 5.56 Å². The van der Waals surface area contributed by atoms with Crippen molar-refractivity contribution in [2.75, 3.05) is 20.1 Å². The molecule has 3 fully saturated rings. The number of halogens is 1. The minimum atomic E-state index is -3.56. The summed E-state index contributed by atoms with van der Waals surface area (Å²) in [6, 6.07) is 3.07. The van der Waals surface area contributed by atoms with Crippen molar-refractivity contribution in [3.63, 3.8) is 0 Å². The molecule has 198 valence electrons. The van der Waals surface area contributed by atoms with Crippen LogP contribution < -0.4 is 16.0 Å². The summed E-state index contributed by atoms with van der Waals surface area (Å²) in [4.78, 5) is 41.1. The van der Waals surface area contributed by atoms with Crippen LogP contribution >= 0.6 is 0 Å². The third kappa shape index (κ3) is 5.70. The van der Waals surface area contributed by atoms with E-state index in [0.29, 0.717) is 32.1 Å². The lowest BCUT2D eigenvalue weighted by molar-refractivity contribution is -0.144. The lowest BCUT2D eigenvalue weighted by atomic mass is 10.1. The zero-order valence-corrected chi connectivity index (χ0v) is 21.4. The molecule has 1 aromatic carbocycles. The van der Waals surface area contributed by atoms with Crippen molar-refractivity contribution < 1.29 is 27.2 Å². The van der Waals surface area contributed by atoms with Crippen molar-refractivity contribution in [1.29, 1.82) is 0 Å². The molecule has 2 aliphatic heterocycles. The lowest BCUT2D eigenvalue weighted by Crippen LogP contribution is -2.62. The summed E-state index contributed by atoms with van der Waals surface area (Å²) in [6.07, 6.45) is 2.63. The number of carbonyl (C=O) groups excluding carboxylic acids is 3. The molecule has 0 radical (unpaired) electrons. The maximum atomic E-state index is 13.8. The number of likely N-dealkylation sites (N-methyl/N-ethyl adjacent to an activating group) is 1. The van der Waals surface area contributed by atoms with Gasteiger partial charge >= 0.3 is 0 Å². The fourth-order valence-corrected chi connectivity index (χ4v) is 6.73. The average molecular weight is 524 g/mol. The zero-order chi connectivity index (χ0) is 26.0. The highest BCUT2D eigenvalue weighted by Crippen LogP contribution is 2.34. The minimum absolute atomic E-state index is 0.160. The Kier molecular flexibility index (Phi) is 7.96. The Bertz CT molecular complexity index is 1090. The quantitative estimate of drug-likeness (QED) is 0.443. The van der Waals surface area contributed by atoms with Gasteiger partial charge in [0.25, 0.3) is 0 Å². The molecule has 12 heteroatoms. The summed E-state index contributed by atoms with van der Waals surface area (Å²) in [7, 11) is -1.94. The number of carbonyl (C=O) groups is 3. The van der Waals surface area contributed by atoms with Gasteiger partial charge in [0.05, 0.1) is 11.3 Å². The number of hydrogen-bond acceptors (Lipinski definition) is 6. The first-order valence-corrected chi connectivity index (χ1v) is 13.9. The third-order valence-electron chi connectivity index (χ3n) is 7.28. The van der Waals surface area contributed by atoms with Crippen LogP contribution in [0.25, 0.3) is 0 Å². The van der Waals surface area contributed by atoms with E-state index in [4.69, 9.17) is 0 Å². The second kappa shape index (κ2) is 10.8. The second-order valence-electron chi connectivity index (χ2n) is 9.80. The number of amides is 3. The van der Waals surface area contributed by atoms with Gasteiger partial charge in [0.2, 0.25) is 27.7 Å². The minimum Gasteiger partial charge on any atom is -0.350 e. The normalized spacial score (nSPS) is 26.0. The van der Waals surface area contributed by atoms with Crippen molar-refractivity contribution in [2.24, 2.45) is 0 Å². The van der Waals surface area contributed by atoms with E-state index in [1.54, 1.807) is 26.1 Å². The predicted molar refractivity (Wildman–Crippen MR) is 130 cm³/mol. The molecule has 1 aliphatic carbocycles. The van der Waals surface area contributed by atoms with E-state index in [1.165, 1.54) is 21.3 Å². The van der Waals surface area contributed by atoms with E-state index < -0.39 is 45.2 Å². The Morgan fingerprint density at radius 2 is 1.81 bits per heavy atom. The number of nitrogens with zero attached hydrogens (tertiary/aromatic N) is 2. The molecule has 0 unspecified atom stereocenters. The van der Waals surface area contributed by atoms with Crippen LogP contribution in [0.3, 0.4) is 0 Å². The van der Waals surface area contributed by atoms with Crippen molar-refractivity contribution in [1.82, 2.24) is 25.2 Å². The summed E-state index contributed by atoms with van der Waals surface area (Å²) in [5, 5.41) is 7.94. The van der Waals surface area contributed by atoms with Crippen LogP contribution in [0.15, 0.2) is 24.3 Å². The summed E-state index contributed by atoms with van der Waals surface area (Å²) < 4.78 is 40.6. The van der Waals surface area contributed by atoms with Crippen LogP contribution in [-0.4, -0.2) is 84.9 Å². The highest BCUT2D eigenvalue weighted by molar-refractivity contribution is 7.90. The predicted octanol–water partition coefficient (Wildman–Crippen LogP) is 0.0921. The van der Waals surface area contributed by atoms with Crippen molar-refractivity contribution in [3.05, 3.63) is 35.6 Å². The van der Waals surface area contributed by atoms with Gasteiger partial charge in [-0.2, -0.15) is 4.31 Å². The molecule has 36 heavy (non-hydrogen) atoms. The Labute approximate surface area is 211 Å². The molecule has 2 saturated heterocycles. The molecule has 2 heterocycles. The van der Waals surface area contributed by atoms with Gasteiger partial charge in [-0.15, -0.1) is 0 Å². The number of hydrogen-bond donors (Lipinski definition) is 3. The number of sulfonamides is 1. The third-order valence-corrected chi connectivity index (χ3v) is 9.65. The van der Waals surface area contributed by atoms with Gasteiger partial charge in [0.1, 0.15) is 17.9 Å². The van der Waals surface area contributed by atoms with Gasteiger partial charge in [-0.25, -0.2) is 12.8 Å². The van der Waals surface area contributed by atoms with Gasteiger partial charge < -0.3 is 20.9 Å². The molecule has 3 amide bonds. The summed E-state index contributed by atoms with van der Waals surface area (Å²) in [6.45, 7) is 1.90. The van der Waals surface area contributed by atoms with Crippen LogP contribution in [0.4, 0.5) is 4.39 Å². The van der Waals surface area contributed by atoms with Crippen molar-refractivity contribution >= 4 is 27.7 Å². The maximum Gasteiger partial charge on any atom is 0.247 e. The topological polar surface area (TPSA) is 128 Å². The number of rotatable bonds is 8. The van der Waals surface area contributed by atoms with Gasteiger partial charge in [0.15, 0.2) is 0 Å². The number of nitrogens with one attached hydrogen (secondary N) is 3. The summed E-state index contributed by atoms with van der Waals surface area (Å²) in [5.41, 5.74) is 0.727. The van der Waals surface area contributed by atoms with Crippen LogP contribution in [0.2, 0.25) is 0 Å². The average Bonchev–Trinajstić information content (AvgIpc) is 3.64. The molecule has 4 atom stereocenters. The van der Waals surface area contributed by atoms with E-state index in [2.05, 4.69) is 16.0 Å². The molecular weight excluding hydrogens is 489 g/mol. The van der Waals surface area contributed by atoms with Gasteiger partial charge in [0, 0.05) is 25.7 Å². The van der Waals surface area contributed by atoms with E-state index in [-0.39, 0.29) is 37.4 Å². The standard InChI is InChI=1S/C24H34FN5O5S/c1-15(26-2)22(31)28-20-14-29(36(34,35)19-8-9-19)12-11-18-7-10-21(30(18)24(20)33)23(32)27-13-16-3-5-17(25)6-4-16/h3-6,15,18-21,26H,7-14H2,1-2H3,(H,27,32)(H,28,31)/t15-,18+,20-,21-/m0/s1. The van der Waals surface area contributed by atoms with E-state index in [9.17, 15) is 27.2 Å². The van der Waals surface area contributed by atoms with Gasteiger partial charge in [-0.3, -0.25) is 14.4 Å². The van der Waals surface area contributed by atoms with Gasteiger partial charge in [-0.1, -0.05) is 12.1 Å². The molecule has 0 aromatic heterocycles. The summed E-state index contributed by atoms with van der Waals surface area (Å²) in [5.74, 6) is -1.57. The zero-order valence-electron chi connectivity index (χ0n) is 20.6. The van der Waals surface area contributed by atoms with Crippen LogP contribution in [0, 0.1) is 5.82 Å². The van der Waals surface area contributed by atoms with Crippen molar-refractivity contribution in [2.45, 2.75) is 75.0 Å². The smallest absolute Gasteiger partial charge is 0.247 e. The van der Waals surface area contributed by atoms with E-state index in [1.807, 2.05) is 0 Å². The monoisotopic (exact) mass is 523 g/mol. The number of benzene rings is 1. The fraction of sp³-hybridized carbons (Fsp3) is 0.625. The second-order valence-corrected chi connectivity index (χ2v) is 12.0. The summed E-state index contributed by atoms with van der Waals surface area (Å²) >= 11 is 0. The molecule has 3 aliphatic rings. The largest absolute Gasteiger partial charge is 0.350 e. The first kappa shape index (κ1) is 26.5. The molecule has 1 aromatic rings. The van der Waals surface area contributed by atoms with E-state index >= 15 is 0 Å². The Hall–Kier alpha value is -2.57. The van der Waals surface area contributed by atoms with Crippen LogP contribution in [0.5, 0.6) is 0 Å². The highest BCUT2D eigenvalue weighted by atomic mass is 32.2. The molecular formula is C24H34FN5O5S. The molecule has 10 nitrogen and oxygen atoms in total. The lowest BCUT2D eigenvalue weighted by Gasteiger charge is -2.38. The Morgan fingerprint density at radius 1 is 1.11 bits per heavy atom. The maximum absolute atomic E-state index is 13.8. The van der Waals surface area contributed by atoms with Crippen molar-refractivity contribution in [3.8, 4) is 0 Å². The first-order chi connectivity index (χ1) is 17.1. The Morgan fingerprint density at radius 3 is 2.44 bits per heavy atom. The molecule has 1 saturated carbocycles. The first-order valence-electron chi connectivity index (χ1n) is 12.4. The molecule has 3 N–H and O–H groups in total. The SMILES string of the molecule is CN[C@@H](C)C(=O)N[C@H]1CN(S(=O)(=O)C2CC2)CC[C@H]2CC[C@@H](C(=O)NCc3ccc(F)cc3)N2C1=O. The number of fused-ring (bicyclic) bond motifs is 1. The fourth-order valence-electron chi connectivity index (χ4n) is 4.86. The molecule has 0 bridgehead atoms.